The van der Waals surface area contributed by atoms with Crippen molar-refractivity contribution in [2.45, 2.75) is 31.4 Å². The van der Waals surface area contributed by atoms with E-state index >= 15 is 0 Å². The third kappa shape index (κ3) is 3.92. The average Bonchev–Trinajstić information content (AvgIpc) is 3.11. The van der Waals surface area contributed by atoms with Gasteiger partial charge in [-0.15, -0.1) is 0 Å². The summed E-state index contributed by atoms with van der Waals surface area (Å²) in [5.41, 5.74) is 0.981. The molecule has 4 rings (SSSR count). The number of hydrogen-bond acceptors (Lipinski definition) is 5. The Morgan fingerprint density at radius 1 is 1.27 bits per heavy atom. The molecule has 1 spiro atoms. The van der Waals surface area contributed by atoms with Crippen LogP contribution in [0.4, 0.5) is 0 Å². The van der Waals surface area contributed by atoms with Gasteiger partial charge in [-0.05, 0) is 45.0 Å². The Hall–Kier alpha value is -1.50. The highest BCUT2D eigenvalue weighted by atomic mass is 16.5. The molecular formula is C20H30N4O2. The quantitative estimate of drug-likeness (QED) is 0.813. The molecule has 0 aliphatic carbocycles. The van der Waals surface area contributed by atoms with E-state index in [1.807, 2.05) is 18.3 Å². The lowest BCUT2D eigenvalue weighted by Gasteiger charge is -2.47. The second-order valence-corrected chi connectivity index (χ2v) is 8.14. The number of pyridine rings is 1. The minimum absolute atomic E-state index is 0.140. The monoisotopic (exact) mass is 358 g/mol. The summed E-state index contributed by atoms with van der Waals surface area (Å²) in [6.45, 7) is 7.04. The lowest BCUT2D eigenvalue weighted by molar-refractivity contribution is -0.162. The first-order valence-electron chi connectivity index (χ1n) is 9.87. The Balaban J connectivity index is 1.32. The number of nitrogens with zero attached hydrogens (tertiary/aromatic N) is 4. The molecule has 3 aliphatic heterocycles. The van der Waals surface area contributed by atoms with Gasteiger partial charge < -0.3 is 14.5 Å². The Morgan fingerprint density at radius 3 is 2.81 bits per heavy atom. The SMILES string of the molecule is CN1CCC(C(=O)N2CCOC3(CCN(Cc4ccccn4)CC3)C2)C1. The summed E-state index contributed by atoms with van der Waals surface area (Å²) >= 11 is 0. The molecule has 0 N–H and O–H groups in total. The van der Waals surface area contributed by atoms with E-state index in [4.69, 9.17) is 4.74 Å². The maximum absolute atomic E-state index is 12.9. The summed E-state index contributed by atoms with van der Waals surface area (Å²) in [4.78, 5) is 24.1. The number of carbonyl (C=O) groups is 1. The molecule has 0 aromatic carbocycles. The van der Waals surface area contributed by atoms with Crippen LogP contribution in [0.25, 0.3) is 0 Å². The molecule has 3 aliphatic rings. The normalized spacial score (nSPS) is 27.1. The minimum Gasteiger partial charge on any atom is -0.371 e. The van der Waals surface area contributed by atoms with Crippen LogP contribution in [0.3, 0.4) is 0 Å². The Bertz CT molecular complexity index is 615. The molecule has 3 saturated heterocycles. The fourth-order valence-electron chi connectivity index (χ4n) is 4.57. The number of rotatable bonds is 3. The summed E-state index contributed by atoms with van der Waals surface area (Å²) in [6.07, 6.45) is 4.84. The smallest absolute Gasteiger partial charge is 0.227 e. The van der Waals surface area contributed by atoms with Gasteiger partial charge in [-0.25, -0.2) is 0 Å². The number of likely N-dealkylation sites (tertiary alicyclic amines) is 2. The van der Waals surface area contributed by atoms with Gasteiger partial charge in [-0.1, -0.05) is 6.07 Å². The van der Waals surface area contributed by atoms with Gasteiger partial charge in [0.2, 0.25) is 5.91 Å². The number of morpholine rings is 1. The molecule has 6 heteroatoms. The van der Waals surface area contributed by atoms with E-state index in [-0.39, 0.29) is 11.5 Å². The Morgan fingerprint density at radius 2 is 2.12 bits per heavy atom. The second kappa shape index (κ2) is 7.62. The maximum Gasteiger partial charge on any atom is 0.227 e. The molecule has 0 bridgehead atoms. The second-order valence-electron chi connectivity index (χ2n) is 8.14. The standard InChI is InChI=1S/C20H30N4O2/c1-22-9-5-17(14-22)19(25)24-12-13-26-20(16-24)6-10-23(11-7-20)15-18-4-2-3-8-21-18/h2-4,8,17H,5-7,9-16H2,1H3. The lowest BCUT2D eigenvalue weighted by Crippen LogP contribution is -2.58. The van der Waals surface area contributed by atoms with Crippen molar-refractivity contribution in [1.29, 1.82) is 0 Å². The molecule has 0 radical (unpaired) electrons. The van der Waals surface area contributed by atoms with Crippen molar-refractivity contribution in [3.63, 3.8) is 0 Å². The van der Waals surface area contributed by atoms with Gasteiger partial charge in [0, 0.05) is 45.5 Å². The Labute approximate surface area is 156 Å². The van der Waals surface area contributed by atoms with Gasteiger partial charge in [0.1, 0.15) is 0 Å². The van der Waals surface area contributed by atoms with Crippen molar-refractivity contribution in [2.75, 3.05) is 52.9 Å². The predicted molar refractivity (Wildman–Crippen MR) is 99.6 cm³/mol. The third-order valence-corrected chi connectivity index (χ3v) is 6.18. The van der Waals surface area contributed by atoms with Gasteiger partial charge >= 0.3 is 0 Å². The van der Waals surface area contributed by atoms with Gasteiger partial charge in [0.05, 0.1) is 23.8 Å². The first kappa shape index (κ1) is 17.9. The first-order valence-corrected chi connectivity index (χ1v) is 9.87. The van der Waals surface area contributed by atoms with Crippen molar-refractivity contribution in [3.05, 3.63) is 30.1 Å². The molecule has 1 amide bonds. The van der Waals surface area contributed by atoms with Crippen molar-refractivity contribution in [1.82, 2.24) is 19.7 Å². The topological polar surface area (TPSA) is 48.9 Å². The van der Waals surface area contributed by atoms with Gasteiger partial charge in [-0.2, -0.15) is 0 Å². The van der Waals surface area contributed by atoms with Crippen molar-refractivity contribution >= 4 is 5.91 Å². The molecule has 1 aromatic heterocycles. The van der Waals surface area contributed by atoms with E-state index in [1.54, 1.807) is 0 Å². The zero-order valence-electron chi connectivity index (χ0n) is 15.8. The Kier molecular flexibility index (Phi) is 5.25. The summed E-state index contributed by atoms with van der Waals surface area (Å²) in [5.74, 6) is 0.521. The fraction of sp³-hybridized carbons (Fsp3) is 0.700. The van der Waals surface area contributed by atoms with Crippen LogP contribution in [0.15, 0.2) is 24.4 Å². The molecule has 1 atom stereocenters. The zero-order valence-corrected chi connectivity index (χ0v) is 15.8. The van der Waals surface area contributed by atoms with Gasteiger partial charge in [-0.3, -0.25) is 14.7 Å². The molecule has 4 heterocycles. The van der Waals surface area contributed by atoms with Crippen LogP contribution in [-0.4, -0.2) is 84.1 Å². The number of ether oxygens (including phenoxy) is 1. The van der Waals surface area contributed by atoms with Crippen molar-refractivity contribution < 1.29 is 9.53 Å². The predicted octanol–water partition coefficient (Wildman–Crippen LogP) is 1.23. The molecular weight excluding hydrogens is 328 g/mol. The summed E-state index contributed by atoms with van der Waals surface area (Å²) in [5, 5.41) is 0. The van der Waals surface area contributed by atoms with Crippen LogP contribution in [-0.2, 0) is 16.1 Å². The van der Waals surface area contributed by atoms with Crippen LogP contribution in [0.1, 0.15) is 25.0 Å². The highest BCUT2D eigenvalue weighted by molar-refractivity contribution is 5.79. The summed E-state index contributed by atoms with van der Waals surface area (Å²) in [6, 6.07) is 6.08. The summed E-state index contributed by atoms with van der Waals surface area (Å²) in [7, 11) is 2.10. The molecule has 142 valence electrons. The fourth-order valence-corrected chi connectivity index (χ4v) is 4.57. The third-order valence-electron chi connectivity index (χ3n) is 6.18. The van der Waals surface area contributed by atoms with Crippen LogP contribution in [0.2, 0.25) is 0 Å². The molecule has 6 nitrogen and oxygen atoms in total. The van der Waals surface area contributed by atoms with E-state index in [0.717, 1.165) is 70.8 Å². The van der Waals surface area contributed by atoms with Crippen LogP contribution in [0.5, 0.6) is 0 Å². The molecule has 26 heavy (non-hydrogen) atoms. The molecule has 1 aromatic rings. The number of hydrogen-bond donors (Lipinski definition) is 0. The van der Waals surface area contributed by atoms with E-state index in [0.29, 0.717) is 12.5 Å². The number of aromatic nitrogens is 1. The van der Waals surface area contributed by atoms with E-state index in [1.165, 1.54) is 0 Å². The van der Waals surface area contributed by atoms with E-state index < -0.39 is 0 Å². The number of piperidine rings is 1. The van der Waals surface area contributed by atoms with E-state index in [9.17, 15) is 4.79 Å². The van der Waals surface area contributed by atoms with E-state index in [2.05, 4.69) is 32.8 Å². The van der Waals surface area contributed by atoms with Crippen LogP contribution >= 0.6 is 0 Å². The molecule has 0 saturated carbocycles. The highest BCUT2D eigenvalue weighted by Crippen LogP contribution is 2.32. The highest BCUT2D eigenvalue weighted by Gasteiger charge is 2.42. The number of carbonyl (C=O) groups excluding carboxylic acids is 1. The van der Waals surface area contributed by atoms with Gasteiger partial charge in [0.25, 0.3) is 0 Å². The van der Waals surface area contributed by atoms with Crippen LogP contribution < -0.4 is 0 Å². The van der Waals surface area contributed by atoms with Crippen molar-refractivity contribution in [2.24, 2.45) is 5.92 Å². The molecule has 1 unspecified atom stereocenters. The van der Waals surface area contributed by atoms with Crippen LogP contribution in [0, 0.1) is 5.92 Å². The summed E-state index contributed by atoms with van der Waals surface area (Å²) < 4.78 is 6.22. The van der Waals surface area contributed by atoms with Crippen molar-refractivity contribution in [3.8, 4) is 0 Å². The average molecular weight is 358 g/mol. The van der Waals surface area contributed by atoms with Gasteiger partial charge in [0.15, 0.2) is 0 Å². The first-order chi connectivity index (χ1) is 12.6. The lowest BCUT2D eigenvalue weighted by atomic mass is 9.88. The number of amides is 1. The minimum atomic E-state index is -0.140. The largest absolute Gasteiger partial charge is 0.371 e. The molecule has 3 fully saturated rings. The zero-order chi connectivity index (χ0) is 18.0. The maximum atomic E-state index is 12.9.